The molecule has 14 heavy (non-hydrogen) atoms. The molecule has 0 saturated carbocycles. The minimum Gasteiger partial charge on any atom is -0.357 e. The third-order valence-electron chi connectivity index (χ3n) is 1.82. The fourth-order valence-electron chi connectivity index (χ4n) is 0.963. The van der Waals surface area contributed by atoms with Crippen molar-refractivity contribution in [3.05, 3.63) is 22.5 Å². The van der Waals surface area contributed by atoms with Crippen molar-refractivity contribution in [3.63, 3.8) is 0 Å². The number of carbonyl (C=O) groups excluding carboxylic acids is 1. The van der Waals surface area contributed by atoms with E-state index in [9.17, 15) is 14.9 Å². The summed E-state index contributed by atoms with van der Waals surface area (Å²) in [6, 6.07) is -0.548. The van der Waals surface area contributed by atoms with Crippen LogP contribution in [-0.4, -0.2) is 27.7 Å². The van der Waals surface area contributed by atoms with Crippen LogP contribution in [0.25, 0.3) is 0 Å². The number of aromatic nitrogens is 2. The maximum Gasteiger partial charge on any atom is 0.307 e. The first kappa shape index (κ1) is 10.2. The van der Waals surface area contributed by atoms with Crippen LogP contribution in [0, 0.1) is 10.1 Å². The molecule has 1 heterocycles. The highest BCUT2D eigenvalue weighted by atomic mass is 16.6. The number of rotatable bonds is 3. The highest BCUT2D eigenvalue weighted by Gasteiger charge is 2.17. The van der Waals surface area contributed by atoms with Gasteiger partial charge in [-0.2, -0.15) is 5.10 Å². The quantitative estimate of drug-likeness (QED) is 0.550. The molecular formula is C7H10N4O3. The lowest BCUT2D eigenvalue weighted by Gasteiger charge is -2.08. The molecule has 0 aliphatic carbocycles. The van der Waals surface area contributed by atoms with Crippen LogP contribution >= 0.6 is 0 Å². The Kier molecular flexibility index (Phi) is 2.80. The Morgan fingerprint density at radius 3 is 2.86 bits per heavy atom. The first-order valence-electron chi connectivity index (χ1n) is 3.96. The lowest BCUT2D eigenvalue weighted by molar-refractivity contribution is -0.385. The average molecular weight is 198 g/mol. The van der Waals surface area contributed by atoms with Crippen LogP contribution in [0.1, 0.15) is 13.0 Å². The molecule has 0 radical (unpaired) electrons. The number of carbonyl (C=O) groups is 1. The average Bonchev–Trinajstić information content (AvgIpc) is 2.64. The van der Waals surface area contributed by atoms with E-state index in [0.717, 1.165) is 6.20 Å². The maximum atomic E-state index is 11.1. The monoisotopic (exact) mass is 198 g/mol. The van der Waals surface area contributed by atoms with Gasteiger partial charge in [0.15, 0.2) is 0 Å². The molecule has 0 aromatic carbocycles. The Bertz CT molecular complexity index is 360. The zero-order chi connectivity index (χ0) is 10.7. The summed E-state index contributed by atoms with van der Waals surface area (Å²) < 4.78 is 1.25. The molecule has 1 unspecified atom stereocenters. The second kappa shape index (κ2) is 3.86. The Balaban J connectivity index is 2.86. The molecule has 0 saturated heterocycles. The lowest BCUT2D eigenvalue weighted by Crippen LogP contribution is -2.27. The molecule has 1 aromatic heterocycles. The molecule has 0 aliphatic heterocycles. The van der Waals surface area contributed by atoms with Gasteiger partial charge in [0.25, 0.3) is 0 Å². The lowest BCUT2D eigenvalue weighted by atomic mass is 10.3. The number of hydrogen-bond acceptors (Lipinski definition) is 4. The van der Waals surface area contributed by atoms with Crippen LogP contribution in [-0.2, 0) is 4.79 Å². The SMILES string of the molecule is CNC(=O)C(C)n1cc([N+](=O)[O-])cn1. The Hall–Kier alpha value is -1.92. The fourth-order valence-corrected chi connectivity index (χ4v) is 0.963. The minimum atomic E-state index is -0.555. The molecule has 76 valence electrons. The van der Waals surface area contributed by atoms with Gasteiger partial charge >= 0.3 is 5.69 Å². The smallest absolute Gasteiger partial charge is 0.307 e. The highest BCUT2D eigenvalue weighted by molar-refractivity contribution is 5.79. The van der Waals surface area contributed by atoms with Crippen LogP contribution in [0.2, 0.25) is 0 Å². The van der Waals surface area contributed by atoms with E-state index in [1.165, 1.54) is 17.9 Å². The molecule has 1 rings (SSSR count). The number of nitrogens with one attached hydrogen (secondary N) is 1. The van der Waals surface area contributed by atoms with Crippen molar-refractivity contribution >= 4 is 11.6 Å². The van der Waals surface area contributed by atoms with Crippen LogP contribution in [0.5, 0.6) is 0 Å². The summed E-state index contributed by atoms with van der Waals surface area (Å²) in [5.74, 6) is -0.247. The molecule has 0 aliphatic rings. The molecule has 7 nitrogen and oxygen atoms in total. The summed E-state index contributed by atoms with van der Waals surface area (Å²) in [6.07, 6.45) is 2.33. The maximum absolute atomic E-state index is 11.1. The number of hydrogen-bond donors (Lipinski definition) is 1. The summed E-state index contributed by atoms with van der Waals surface area (Å²) in [4.78, 5) is 20.9. The second-order valence-corrected chi connectivity index (χ2v) is 2.73. The van der Waals surface area contributed by atoms with E-state index in [1.807, 2.05) is 0 Å². The Morgan fingerprint density at radius 2 is 2.43 bits per heavy atom. The first-order chi connectivity index (χ1) is 6.56. The summed E-state index contributed by atoms with van der Waals surface area (Å²) in [6.45, 7) is 1.61. The summed E-state index contributed by atoms with van der Waals surface area (Å²) in [7, 11) is 1.50. The van der Waals surface area contributed by atoms with Crippen molar-refractivity contribution in [1.82, 2.24) is 15.1 Å². The number of likely N-dealkylation sites (N-methyl/N-ethyl adjacent to an activating group) is 1. The predicted octanol–water partition coefficient (Wildman–Crippen LogP) is 0.0983. The third kappa shape index (κ3) is 1.87. The van der Waals surface area contributed by atoms with E-state index in [0.29, 0.717) is 0 Å². The van der Waals surface area contributed by atoms with Gasteiger partial charge in [-0.05, 0) is 6.92 Å². The van der Waals surface area contributed by atoms with Crippen LogP contribution in [0.15, 0.2) is 12.4 Å². The highest BCUT2D eigenvalue weighted by Crippen LogP contribution is 2.12. The van der Waals surface area contributed by atoms with Gasteiger partial charge in [-0.15, -0.1) is 0 Å². The van der Waals surface area contributed by atoms with Gasteiger partial charge in [-0.1, -0.05) is 0 Å². The molecule has 1 amide bonds. The van der Waals surface area contributed by atoms with Crippen molar-refractivity contribution in [2.45, 2.75) is 13.0 Å². The topological polar surface area (TPSA) is 90.1 Å². The molecule has 1 N–H and O–H groups in total. The van der Waals surface area contributed by atoms with E-state index < -0.39 is 11.0 Å². The second-order valence-electron chi connectivity index (χ2n) is 2.73. The largest absolute Gasteiger partial charge is 0.357 e. The molecule has 1 aromatic rings. The Labute approximate surface area is 79.9 Å². The molecule has 0 fully saturated rings. The van der Waals surface area contributed by atoms with Crippen molar-refractivity contribution in [2.24, 2.45) is 0 Å². The van der Waals surface area contributed by atoms with Gasteiger partial charge in [0.1, 0.15) is 18.4 Å². The van der Waals surface area contributed by atoms with E-state index in [-0.39, 0.29) is 11.6 Å². The summed E-state index contributed by atoms with van der Waals surface area (Å²) >= 11 is 0. The van der Waals surface area contributed by atoms with Crippen LogP contribution in [0.3, 0.4) is 0 Å². The van der Waals surface area contributed by atoms with Crippen molar-refractivity contribution < 1.29 is 9.72 Å². The normalized spacial score (nSPS) is 12.1. The van der Waals surface area contributed by atoms with Crippen molar-refractivity contribution in [1.29, 1.82) is 0 Å². The molecular weight excluding hydrogens is 188 g/mol. The van der Waals surface area contributed by atoms with Gasteiger partial charge in [-0.25, -0.2) is 0 Å². The van der Waals surface area contributed by atoms with E-state index in [1.54, 1.807) is 6.92 Å². The predicted molar refractivity (Wildman–Crippen MR) is 47.7 cm³/mol. The minimum absolute atomic E-state index is 0.124. The van der Waals surface area contributed by atoms with Crippen LogP contribution < -0.4 is 5.32 Å². The van der Waals surface area contributed by atoms with Crippen LogP contribution in [0.4, 0.5) is 5.69 Å². The fraction of sp³-hybridized carbons (Fsp3) is 0.429. The van der Waals surface area contributed by atoms with E-state index in [4.69, 9.17) is 0 Å². The van der Waals surface area contributed by atoms with Crippen molar-refractivity contribution in [3.8, 4) is 0 Å². The van der Waals surface area contributed by atoms with Gasteiger partial charge in [0, 0.05) is 7.05 Å². The zero-order valence-corrected chi connectivity index (χ0v) is 7.80. The first-order valence-corrected chi connectivity index (χ1v) is 3.96. The molecule has 1 atom stereocenters. The van der Waals surface area contributed by atoms with Crippen molar-refractivity contribution in [2.75, 3.05) is 7.05 Å². The number of nitrogens with zero attached hydrogens (tertiary/aromatic N) is 3. The molecule has 0 bridgehead atoms. The Morgan fingerprint density at radius 1 is 1.79 bits per heavy atom. The van der Waals surface area contributed by atoms with Gasteiger partial charge < -0.3 is 5.32 Å². The number of nitro groups is 1. The molecule has 7 heteroatoms. The van der Waals surface area contributed by atoms with Gasteiger partial charge in [0.2, 0.25) is 5.91 Å². The summed E-state index contributed by atoms with van der Waals surface area (Å²) in [5.41, 5.74) is -0.124. The zero-order valence-electron chi connectivity index (χ0n) is 7.80. The summed E-state index contributed by atoms with van der Waals surface area (Å²) in [5, 5.41) is 16.5. The third-order valence-corrected chi connectivity index (χ3v) is 1.82. The van der Waals surface area contributed by atoms with E-state index >= 15 is 0 Å². The standard InChI is InChI=1S/C7H10N4O3/c1-5(7(12)8-2)10-4-6(3-9-10)11(13)14/h3-5H,1-2H3,(H,8,12). The van der Waals surface area contributed by atoms with Gasteiger partial charge in [-0.3, -0.25) is 19.6 Å². The number of amides is 1. The molecule has 0 spiro atoms. The van der Waals surface area contributed by atoms with Gasteiger partial charge in [0.05, 0.1) is 4.92 Å². The van der Waals surface area contributed by atoms with E-state index in [2.05, 4.69) is 10.4 Å².